The fourth-order valence-corrected chi connectivity index (χ4v) is 2.22. The number of carbonyl (C=O) groups is 1. The molecule has 0 spiro atoms. The standard InChI is InChI=1S/C17H21N3O/c1-12-9-10-14(18-2)13(11-12)17(21)19-15-7-5-6-8-16(15)20(3)4/h5-11,18H,1-4H3,(H,19,21). The predicted octanol–water partition coefficient (Wildman–Crippen LogP) is 3.36. The van der Waals surface area contributed by atoms with Crippen LogP contribution in [0.25, 0.3) is 0 Å². The highest BCUT2D eigenvalue weighted by atomic mass is 16.1. The van der Waals surface area contributed by atoms with Crippen molar-refractivity contribution < 1.29 is 4.79 Å². The van der Waals surface area contributed by atoms with Crippen molar-refractivity contribution >= 4 is 23.0 Å². The summed E-state index contributed by atoms with van der Waals surface area (Å²) < 4.78 is 0. The molecular weight excluding hydrogens is 262 g/mol. The normalized spacial score (nSPS) is 10.1. The van der Waals surface area contributed by atoms with Crippen molar-refractivity contribution in [2.45, 2.75) is 6.92 Å². The minimum Gasteiger partial charge on any atom is -0.387 e. The SMILES string of the molecule is CNc1ccc(C)cc1C(=O)Nc1ccccc1N(C)C. The molecule has 110 valence electrons. The van der Waals surface area contributed by atoms with Crippen LogP contribution in [0.5, 0.6) is 0 Å². The van der Waals surface area contributed by atoms with Gasteiger partial charge in [0, 0.05) is 26.8 Å². The molecule has 0 unspecified atom stereocenters. The highest BCUT2D eigenvalue weighted by Crippen LogP contribution is 2.25. The first-order valence-corrected chi connectivity index (χ1v) is 6.89. The Balaban J connectivity index is 2.33. The van der Waals surface area contributed by atoms with Crippen molar-refractivity contribution in [1.29, 1.82) is 0 Å². The monoisotopic (exact) mass is 283 g/mol. The summed E-state index contributed by atoms with van der Waals surface area (Å²) in [4.78, 5) is 14.5. The van der Waals surface area contributed by atoms with Crippen molar-refractivity contribution in [2.75, 3.05) is 36.7 Å². The van der Waals surface area contributed by atoms with E-state index in [2.05, 4.69) is 10.6 Å². The van der Waals surface area contributed by atoms with Crippen LogP contribution >= 0.6 is 0 Å². The van der Waals surface area contributed by atoms with Crippen LogP contribution in [0.15, 0.2) is 42.5 Å². The van der Waals surface area contributed by atoms with Crippen molar-refractivity contribution in [3.63, 3.8) is 0 Å². The van der Waals surface area contributed by atoms with E-state index < -0.39 is 0 Å². The van der Waals surface area contributed by atoms with Gasteiger partial charge in [-0.05, 0) is 31.2 Å². The molecule has 0 saturated carbocycles. The number of nitrogens with zero attached hydrogens (tertiary/aromatic N) is 1. The van der Waals surface area contributed by atoms with Gasteiger partial charge < -0.3 is 15.5 Å². The summed E-state index contributed by atoms with van der Waals surface area (Å²) in [6.45, 7) is 1.98. The first-order chi connectivity index (χ1) is 10.0. The van der Waals surface area contributed by atoms with Gasteiger partial charge >= 0.3 is 0 Å². The number of para-hydroxylation sites is 2. The number of hydrogen-bond acceptors (Lipinski definition) is 3. The minimum atomic E-state index is -0.114. The molecule has 2 aromatic carbocycles. The van der Waals surface area contributed by atoms with Gasteiger partial charge in [-0.15, -0.1) is 0 Å². The van der Waals surface area contributed by atoms with Crippen LogP contribution in [0.4, 0.5) is 17.1 Å². The van der Waals surface area contributed by atoms with Crippen LogP contribution in [0.2, 0.25) is 0 Å². The Kier molecular flexibility index (Phi) is 4.48. The average Bonchev–Trinajstić information content (AvgIpc) is 2.47. The fourth-order valence-electron chi connectivity index (χ4n) is 2.22. The Morgan fingerprint density at radius 1 is 1.05 bits per heavy atom. The number of aryl methyl sites for hydroxylation is 1. The van der Waals surface area contributed by atoms with E-state index in [-0.39, 0.29) is 5.91 Å². The molecule has 0 aliphatic rings. The lowest BCUT2D eigenvalue weighted by atomic mass is 10.1. The minimum absolute atomic E-state index is 0.114. The van der Waals surface area contributed by atoms with E-state index in [9.17, 15) is 4.79 Å². The van der Waals surface area contributed by atoms with E-state index >= 15 is 0 Å². The average molecular weight is 283 g/mol. The molecule has 0 aromatic heterocycles. The maximum absolute atomic E-state index is 12.6. The van der Waals surface area contributed by atoms with Gasteiger partial charge in [-0.25, -0.2) is 0 Å². The van der Waals surface area contributed by atoms with Crippen LogP contribution in [-0.4, -0.2) is 27.1 Å². The first kappa shape index (κ1) is 14.9. The third-order valence-corrected chi connectivity index (χ3v) is 3.32. The zero-order valence-electron chi connectivity index (χ0n) is 12.9. The number of hydrogen-bond donors (Lipinski definition) is 2. The van der Waals surface area contributed by atoms with Crippen molar-refractivity contribution in [1.82, 2.24) is 0 Å². The second-order valence-corrected chi connectivity index (χ2v) is 5.16. The van der Waals surface area contributed by atoms with E-state index in [1.807, 2.05) is 75.4 Å². The summed E-state index contributed by atoms with van der Waals surface area (Å²) in [6, 6.07) is 13.5. The Bertz CT molecular complexity index is 650. The van der Waals surface area contributed by atoms with Crippen LogP contribution in [0.3, 0.4) is 0 Å². The molecule has 0 atom stereocenters. The molecule has 4 heteroatoms. The predicted molar refractivity (Wildman–Crippen MR) is 89.4 cm³/mol. The number of rotatable bonds is 4. The summed E-state index contributed by atoms with van der Waals surface area (Å²) in [6.07, 6.45) is 0. The van der Waals surface area contributed by atoms with Crippen molar-refractivity contribution in [3.8, 4) is 0 Å². The molecule has 0 bridgehead atoms. The van der Waals surface area contributed by atoms with Crippen molar-refractivity contribution in [2.24, 2.45) is 0 Å². The molecule has 0 fully saturated rings. The zero-order valence-corrected chi connectivity index (χ0v) is 12.9. The maximum Gasteiger partial charge on any atom is 0.257 e. The molecule has 0 saturated heterocycles. The quantitative estimate of drug-likeness (QED) is 0.904. The molecule has 0 aliphatic heterocycles. The van der Waals surface area contributed by atoms with Gasteiger partial charge in [-0.1, -0.05) is 23.8 Å². The number of carbonyl (C=O) groups excluding carboxylic acids is 1. The van der Waals surface area contributed by atoms with E-state index in [4.69, 9.17) is 0 Å². The second kappa shape index (κ2) is 6.31. The largest absolute Gasteiger partial charge is 0.387 e. The molecule has 0 radical (unpaired) electrons. The fraction of sp³-hybridized carbons (Fsp3) is 0.235. The molecule has 1 amide bonds. The van der Waals surface area contributed by atoms with E-state index in [0.29, 0.717) is 5.56 Å². The van der Waals surface area contributed by atoms with Gasteiger partial charge in [0.2, 0.25) is 0 Å². The summed E-state index contributed by atoms with van der Waals surface area (Å²) in [5, 5.41) is 6.05. The number of anilines is 3. The van der Waals surface area contributed by atoms with Crippen LogP contribution in [-0.2, 0) is 0 Å². The molecule has 2 rings (SSSR count). The van der Waals surface area contributed by atoms with Gasteiger partial charge in [0.25, 0.3) is 5.91 Å². The Morgan fingerprint density at radius 3 is 2.43 bits per heavy atom. The van der Waals surface area contributed by atoms with Crippen molar-refractivity contribution in [3.05, 3.63) is 53.6 Å². The Hall–Kier alpha value is -2.49. The second-order valence-electron chi connectivity index (χ2n) is 5.16. The molecule has 21 heavy (non-hydrogen) atoms. The molecule has 2 aromatic rings. The topological polar surface area (TPSA) is 44.4 Å². The molecular formula is C17H21N3O. The number of amides is 1. The van der Waals surface area contributed by atoms with Gasteiger partial charge in [0.1, 0.15) is 0 Å². The van der Waals surface area contributed by atoms with Gasteiger partial charge in [0.15, 0.2) is 0 Å². The smallest absolute Gasteiger partial charge is 0.257 e. The highest BCUT2D eigenvalue weighted by molar-refractivity contribution is 6.09. The summed E-state index contributed by atoms with van der Waals surface area (Å²) in [5.74, 6) is -0.114. The van der Waals surface area contributed by atoms with Gasteiger partial charge in [-0.2, -0.15) is 0 Å². The Morgan fingerprint density at radius 2 is 1.76 bits per heavy atom. The van der Waals surface area contributed by atoms with Crippen LogP contribution in [0.1, 0.15) is 15.9 Å². The summed E-state index contributed by atoms with van der Waals surface area (Å²) in [7, 11) is 5.72. The Labute approximate surface area is 125 Å². The van der Waals surface area contributed by atoms with Gasteiger partial charge in [-0.3, -0.25) is 4.79 Å². The maximum atomic E-state index is 12.6. The third-order valence-electron chi connectivity index (χ3n) is 3.32. The van der Waals surface area contributed by atoms with E-state index in [1.165, 1.54) is 0 Å². The van der Waals surface area contributed by atoms with E-state index in [0.717, 1.165) is 22.6 Å². The molecule has 0 aliphatic carbocycles. The lowest BCUT2D eigenvalue weighted by Gasteiger charge is -2.18. The highest BCUT2D eigenvalue weighted by Gasteiger charge is 2.13. The third kappa shape index (κ3) is 3.34. The zero-order chi connectivity index (χ0) is 15.4. The first-order valence-electron chi connectivity index (χ1n) is 6.89. The lowest BCUT2D eigenvalue weighted by molar-refractivity contribution is 0.102. The lowest BCUT2D eigenvalue weighted by Crippen LogP contribution is -2.17. The molecule has 0 heterocycles. The summed E-state index contributed by atoms with van der Waals surface area (Å²) in [5.41, 5.74) is 4.30. The van der Waals surface area contributed by atoms with Crippen LogP contribution in [0, 0.1) is 6.92 Å². The van der Waals surface area contributed by atoms with Crippen LogP contribution < -0.4 is 15.5 Å². The van der Waals surface area contributed by atoms with Gasteiger partial charge in [0.05, 0.1) is 16.9 Å². The number of nitrogens with one attached hydrogen (secondary N) is 2. The molecule has 4 nitrogen and oxygen atoms in total. The summed E-state index contributed by atoms with van der Waals surface area (Å²) >= 11 is 0. The molecule has 2 N–H and O–H groups in total. The van der Waals surface area contributed by atoms with E-state index in [1.54, 1.807) is 0 Å². The number of benzene rings is 2.